The molecule has 0 saturated heterocycles. The first-order valence-electron chi connectivity index (χ1n) is 18.1. The predicted octanol–water partition coefficient (Wildman–Crippen LogP) is 10.5. The Bertz CT molecular complexity index is 2260. The van der Waals surface area contributed by atoms with E-state index < -0.39 is 27.2 Å². The fraction of sp³-hybridized carbons (Fsp3) is 0.0417. The van der Waals surface area contributed by atoms with E-state index in [2.05, 4.69) is 194 Å². The van der Waals surface area contributed by atoms with E-state index in [1.165, 1.54) is 64.5 Å². The third-order valence-electron chi connectivity index (χ3n) is 8.63. The molecule has 0 radical (unpaired) electrons. The summed E-state index contributed by atoms with van der Waals surface area (Å²) < 4.78 is 0. The summed E-state index contributed by atoms with van der Waals surface area (Å²) >= 11 is 0. The van der Waals surface area contributed by atoms with Gasteiger partial charge in [0.25, 0.3) is 11.9 Å². The van der Waals surface area contributed by atoms with Gasteiger partial charge in [-0.2, -0.15) is 0 Å². The van der Waals surface area contributed by atoms with Gasteiger partial charge in [0.2, 0.25) is 0 Å². The second-order valence-electron chi connectivity index (χ2n) is 12.7. The molecule has 0 bridgehead atoms. The van der Waals surface area contributed by atoms with E-state index in [4.69, 9.17) is 19.8 Å². The van der Waals surface area contributed by atoms with Crippen LogP contribution in [0.25, 0.3) is 32.7 Å². The number of hydrogen-bond acceptors (Lipinski definition) is 2. The monoisotopic (exact) mass is 908 g/mol. The molecule has 286 valence electrons. The van der Waals surface area contributed by atoms with Crippen LogP contribution in [0.4, 0.5) is 0 Å². The van der Waals surface area contributed by atoms with Gasteiger partial charge in [-0.25, -0.2) is 0 Å². The molecule has 8 aromatic carbocycles. The van der Waals surface area contributed by atoms with E-state index >= 15 is 0 Å². The number of carbonyl (C=O) groups is 2. The SMILES string of the molecule is CC(=O)O.CC(=O)O.[Ru].c1ccc(P(Pc2ccc3ccccc3c2-c2c(PP(c3ccccc3)c3ccccc3)ccc3ccccc23)c2ccccc2)cc1. The van der Waals surface area contributed by atoms with E-state index in [0.29, 0.717) is 16.5 Å². The number of rotatable bonds is 9. The molecule has 0 aliphatic heterocycles. The minimum Gasteiger partial charge on any atom is -0.481 e. The maximum absolute atomic E-state index is 9.00. The van der Waals surface area contributed by atoms with Crippen molar-refractivity contribution in [3.63, 3.8) is 0 Å². The van der Waals surface area contributed by atoms with E-state index in [-0.39, 0.29) is 19.5 Å². The Morgan fingerprint density at radius 3 is 0.912 bits per heavy atom. The number of aliphatic carboxylic acids is 2. The second kappa shape index (κ2) is 21.9. The van der Waals surface area contributed by atoms with Crippen LogP contribution in [-0.2, 0) is 29.1 Å². The Balaban J connectivity index is 0.000000633. The van der Waals surface area contributed by atoms with Crippen LogP contribution < -0.4 is 31.8 Å². The summed E-state index contributed by atoms with van der Waals surface area (Å²) in [5.74, 6) is -1.67. The molecule has 2 atom stereocenters. The first kappa shape index (κ1) is 43.7. The van der Waals surface area contributed by atoms with Crippen molar-refractivity contribution in [2.24, 2.45) is 0 Å². The molecule has 0 aliphatic carbocycles. The van der Waals surface area contributed by atoms with Gasteiger partial charge in [0.1, 0.15) is 0 Å². The van der Waals surface area contributed by atoms with E-state index in [0.717, 1.165) is 13.8 Å². The second-order valence-corrected chi connectivity index (χ2v) is 21.6. The van der Waals surface area contributed by atoms with E-state index in [9.17, 15) is 0 Å². The first-order valence-corrected chi connectivity index (χ1v) is 24.4. The van der Waals surface area contributed by atoms with Crippen LogP contribution in [0.3, 0.4) is 0 Å². The quantitative estimate of drug-likeness (QED) is 0.112. The smallest absolute Gasteiger partial charge is 0.300 e. The minimum atomic E-state index is -0.833. The summed E-state index contributed by atoms with van der Waals surface area (Å²) in [4.78, 5) is 18.0. The van der Waals surface area contributed by atoms with Gasteiger partial charge in [-0.15, -0.1) is 0 Å². The molecule has 0 aromatic heterocycles. The summed E-state index contributed by atoms with van der Waals surface area (Å²) in [5.41, 5.74) is 2.81. The van der Waals surface area contributed by atoms with Gasteiger partial charge in [0.15, 0.2) is 0 Å². The molecule has 8 rings (SSSR count). The van der Waals surface area contributed by atoms with Gasteiger partial charge >= 0.3 is 0 Å². The Kier molecular flexibility index (Phi) is 16.8. The van der Waals surface area contributed by atoms with E-state index in [1.807, 2.05) is 0 Å². The molecule has 2 unspecified atom stereocenters. The number of fused-ring (bicyclic) bond motifs is 2. The molecule has 0 saturated carbocycles. The van der Waals surface area contributed by atoms with Crippen LogP contribution in [-0.4, -0.2) is 22.2 Å². The maximum atomic E-state index is 9.00. The van der Waals surface area contributed by atoms with Crippen molar-refractivity contribution in [1.82, 2.24) is 0 Å². The number of hydrogen-bond donors (Lipinski definition) is 2. The van der Waals surface area contributed by atoms with Crippen LogP contribution in [0.1, 0.15) is 13.8 Å². The van der Waals surface area contributed by atoms with Gasteiger partial charge in [-0.1, -0.05) is 211 Å². The van der Waals surface area contributed by atoms with Crippen molar-refractivity contribution in [2.75, 3.05) is 0 Å². The summed E-state index contributed by atoms with van der Waals surface area (Å²) in [6.45, 7) is 2.17. The fourth-order valence-corrected chi connectivity index (χ4v) is 16.8. The third kappa shape index (κ3) is 11.8. The molecular weight excluding hydrogens is 865 g/mol. The summed E-state index contributed by atoms with van der Waals surface area (Å²) in [7, 11) is 0.0472. The Morgan fingerprint density at radius 2 is 0.632 bits per heavy atom. The van der Waals surface area contributed by atoms with Gasteiger partial charge in [-0.05, 0) is 79.7 Å². The van der Waals surface area contributed by atoms with Crippen LogP contribution >= 0.6 is 31.8 Å². The molecule has 0 spiro atoms. The topological polar surface area (TPSA) is 74.6 Å². The minimum absolute atomic E-state index is 0. The molecular formula is C48H42O4P4Ru. The molecule has 9 heteroatoms. The Morgan fingerprint density at radius 1 is 0.386 bits per heavy atom. The van der Waals surface area contributed by atoms with Crippen molar-refractivity contribution in [2.45, 2.75) is 13.8 Å². The zero-order valence-electron chi connectivity index (χ0n) is 31.4. The zero-order valence-corrected chi connectivity index (χ0v) is 37.0. The summed E-state index contributed by atoms with van der Waals surface area (Å²) in [6, 6.07) is 72.2. The zero-order chi connectivity index (χ0) is 39.3. The van der Waals surface area contributed by atoms with E-state index in [1.54, 1.807) is 0 Å². The first-order chi connectivity index (χ1) is 27.3. The predicted molar refractivity (Wildman–Crippen MR) is 248 cm³/mol. The van der Waals surface area contributed by atoms with Gasteiger partial charge in [0, 0.05) is 33.3 Å². The number of carboxylic acid groups (broad SMARTS) is 2. The molecule has 8 aromatic rings. The van der Waals surface area contributed by atoms with Gasteiger partial charge in [0.05, 0.1) is 0 Å². The summed E-state index contributed by atoms with van der Waals surface area (Å²) in [6.07, 6.45) is 0. The van der Waals surface area contributed by atoms with Crippen LogP contribution in [0.2, 0.25) is 0 Å². The molecule has 0 fully saturated rings. The molecule has 2 N–H and O–H groups in total. The third-order valence-corrected chi connectivity index (χ3v) is 19.5. The maximum Gasteiger partial charge on any atom is 0.300 e. The van der Waals surface area contributed by atoms with Crippen molar-refractivity contribution < 1.29 is 39.3 Å². The Labute approximate surface area is 353 Å². The van der Waals surface area contributed by atoms with Crippen LogP contribution in [0, 0.1) is 0 Å². The number of carboxylic acids is 2. The fourth-order valence-electron chi connectivity index (χ4n) is 6.37. The normalized spacial score (nSPS) is 10.9. The van der Waals surface area contributed by atoms with Crippen molar-refractivity contribution in [3.05, 3.63) is 194 Å². The Hall–Kier alpha value is -4.44. The molecule has 0 aliphatic rings. The summed E-state index contributed by atoms with van der Waals surface area (Å²) in [5, 5.41) is 28.7. The molecule has 57 heavy (non-hydrogen) atoms. The molecule has 0 heterocycles. The standard InChI is InChI=1S/C44H34P4.2C2H4O2.Ru/c1-5-19-35(20-6-1)47(36-21-7-2-8-22-36)45-41-31-29-33-17-13-15-27-39(33)43(41)44-40-28-16-14-18-34(40)30-32-42(44)46-48(37-23-9-3-10-24-37)38-25-11-4-12-26-38;2*1-2(3)4;/h1-32,45-46H;2*1H3,(H,3,4);. The van der Waals surface area contributed by atoms with Crippen molar-refractivity contribution in [1.29, 1.82) is 0 Å². The van der Waals surface area contributed by atoms with Gasteiger partial charge < -0.3 is 10.2 Å². The largest absolute Gasteiger partial charge is 0.481 e. The van der Waals surface area contributed by atoms with Gasteiger partial charge in [-0.3, -0.25) is 9.59 Å². The van der Waals surface area contributed by atoms with Crippen molar-refractivity contribution >= 4 is 97.1 Å². The van der Waals surface area contributed by atoms with Crippen LogP contribution in [0.5, 0.6) is 0 Å². The number of benzene rings is 8. The molecule has 0 amide bonds. The molecule has 4 nitrogen and oxygen atoms in total. The average molecular weight is 908 g/mol. The van der Waals surface area contributed by atoms with Crippen LogP contribution in [0.15, 0.2) is 194 Å². The van der Waals surface area contributed by atoms with Crippen molar-refractivity contribution in [3.8, 4) is 11.1 Å². The average Bonchev–Trinajstić information content (AvgIpc) is 3.22.